The highest BCUT2D eigenvalue weighted by molar-refractivity contribution is 7.09. The number of aromatic amines is 1. The molecule has 4 rings (SSSR count). The van der Waals surface area contributed by atoms with Gasteiger partial charge in [-0.3, -0.25) is 14.5 Å². The van der Waals surface area contributed by atoms with Crippen molar-refractivity contribution in [2.45, 2.75) is 65.0 Å². The van der Waals surface area contributed by atoms with Crippen LogP contribution in [0.5, 0.6) is 0 Å². The fourth-order valence-electron chi connectivity index (χ4n) is 4.75. The van der Waals surface area contributed by atoms with E-state index in [4.69, 9.17) is 4.98 Å². The standard InChI is InChI=1S/C23H32N4O2S/c1-3-16(4-2)23(29)27-10-5-7-17(13-27)21-24-20-9-11-26(14-18-8-6-12-30-18)15-19(20)22(28)25-21/h6,8,12,16-17H,3-5,7,9-11,13-15H2,1-2H3,(H,24,25,28)/t17-/m0/s1. The van der Waals surface area contributed by atoms with Gasteiger partial charge in [0.2, 0.25) is 5.91 Å². The van der Waals surface area contributed by atoms with E-state index >= 15 is 0 Å². The highest BCUT2D eigenvalue weighted by Crippen LogP contribution is 2.27. The molecule has 162 valence electrons. The smallest absolute Gasteiger partial charge is 0.255 e. The van der Waals surface area contributed by atoms with Crippen molar-refractivity contribution in [3.63, 3.8) is 0 Å². The molecule has 0 aliphatic carbocycles. The van der Waals surface area contributed by atoms with Gasteiger partial charge in [0.25, 0.3) is 5.56 Å². The summed E-state index contributed by atoms with van der Waals surface area (Å²) in [4.78, 5) is 39.3. The van der Waals surface area contributed by atoms with E-state index in [1.54, 1.807) is 11.3 Å². The second kappa shape index (κ2) is 9.43. The Hall–Kier alpha value is -1.99. The van der Waals surface area contributed by atoms with E-state index in [2.05, 4.69) is 41.2 Å². The average Bonchev–Trinajstić information content (AvgIpc) is 3.28. The third-order valence-corrected chi connectivity index (χ3v) is 7.44. The maximum absolute atomic E-state index is 12.9. The Balaban J connectivity index is 1.48. The number of amides is 1. The lowest BCUT2D eigenvalue weighted by molar-refractivity contribution is -0.137. The summed E-state index contributed by atoms with van der Waals surface area (Å²) in [5.74, 6) is 1.26. The molecule has 6 nitrogen and oxygen atoms in total. The minimum Gasteiger partial charge on any atom is -0.342 e. The summed E-state index contributed by atoms with van der Waals surface area (Å²) in [6.45, 7) is 8.11. The van der Waals surface area contributed by atoms with Crippen molar-refractivity contribution in [2.24, 2.45) is 5.92 Å². The molecule has 2 aromatic rings. The van der Waals surface area contributed by atoms with E-state index in [-0.39, 0.29) is 23.3 Å². The highest BCUT2D eigenvalue weighted by atomic mass is 32.1. The topological polar surface area (TPSA) is 69.3 Å². The monoisotopic (exact) mass is 428 g/mol. The van der Waals surface area contributed by atoms with Gasteiger partial charge in [-0.2, -0.15) is 0 Å². The van der Waals surface area contributed by atoms with Crippen molar-refractivity contribution >= 4 is 17.2 Å². The molecule has 30 heavy (non-hydrogen) atoms. The van der Waals surface area contributed by atoms with Gasteiger partial charge in [0.15, 0.2) is 0 Å². The molecule has 2 aromatic heterocycles. The molecule has 0 aromatic carbocycles. The number of likely N-dealkylation sites (tertiary alicyclic amines) is 1. The lowest BCUT2D eigenvalue weighted by Crippen LogP contribution is -2.43. The number of hydrogen-bond donors (Lipinski definition) is 1. The molecule has 7 heteroatoms. The zero-order chi connectivity index (χ0) is 21.1. The van der Waals surface area contributed by atoms with Crippen LogP contribution >= 0.6 is 11.3 Å². The van der Waals surface area contributed by atoms with E-state index < -0.39 is 0 Å². The number of thiophene rings is 1. The fraction of sp³-hybridized carbons (Fsp3) is 0.609. The second-order valence-corrected chi connectivity index (χ2v) is 9.59. The summed E-state index contributed by atoms with van der Waals surface area (Å²) in [5.41, 5.74) is 1.75. The summed E-state index contributed by atoms with van der Waals surface area (Å²) < 4.78 is 0. The SMILES string of the molecule is CCC(CC)C(=O)N1CCC[C@H](c2nc3c(c(=O)[nH]2)CN(Cc2cccs2)CC3)C1. The van der Waals surface area contributed by atoms with Gasteiger partial charge in [-0.25, -0.2) is 4.98 Å². The van der Waals surface area contributed by atoms with Gasteiger partial charge >= 0.3 is 0 Å². The zero-order valence-electron chi connectivity index (χ0n) is 18.0. The van der Waals surface area contributed by atoms with Crippen LogP contribution in [0.15, 0.2) is 22.3 Å². The second-order valence-electron chi connectivity index (χ2n) is 8.55. The average molecular weight is 429 g/mol. The van der Waals surface area contributed by atoms with E-state index in [9.17, 15) is 9.59 Å². The van der Waals surface area contributed by atoms with Crippen LogP contribution in [0.4, 0.5) is 0 Å². The van der Waals surface area contributed by atoms with Crippen LogP contribution < -0.4 is 5.56 Å². The summed E-state index contributed by atoms with van der Waals surface area (Å²) >= 11 is 1.76. The molecule has 0 unspecified atom stereocenters. The Morgan fingerprint density at radius 1 is 1.33 bits per heavy atom. The molecule has 2 aliphatic rings. The number of rotatable bonds is 6. The van der Waals surface area contributed by atoms with E-state index in [1.807, 2.05) is 4.90 Å². The van der Waals surface area contributed by atoms with Crippen molar-refractivity contribution in [1.29, 1.82) is 0 Å². The minimum absolute atomic E-state index is 0.00526. The highest BCUT2D eigenvalue weighted by Gasteiger charge is 2.30. The Morgan fingerprint density at radius 2 is 2.17 bits per heavy atom. The first-order valence-electron chi connectivity index (χ1n) is 11.2. The predicted molar refractivity (Wildman–Crippen MR) is 120 cm³/mol. The molecule has 1 fully saturated rings. The van der Waals surface area contributed by atoms with Gasteiger partial charge in [0.1, 0.15) is 5.82 Å². The molecule has 1 N–H and O–H groups in total. The van der Waals surface area contributed by atoms with Gasteiger partial charge in [-0.15, -0.1) is 11.3 Å². The van der Waals surface area contributed by atoms with Crippen LogP contribution in [0, 0.1) is 5.92 Å². The van der Waals surface area contributed by atoms with Gasteiger partial charge in [-0.1, -0.05) is 19.9 Å². The third-order valence-electron chi connectivity index (χ3n) is 6.58. The first-order valence-corrected chi connectivity index (χ1v) is 12.1. The Kier molecular flexibility index (Phi) is 6.68. The summed E-state index contributed by atoms with van der Waals surface area (Å²) in [6, 6.07) is 4.21. The molecular weight excluding hydrogens is 396 g/mol. The normalized spacial score (nSPS) is 19.8. The number of fused-ring (bicyclic) bond motifs is 1. The fourth-order valence-corrected chi connectivity index (χ4v) is 5.49. The molecule has 0 radical (unpaired) electrons. The quantitative estimate of drug-likeness (QED) is 0.764. The van der Waals surface area contributed by atoms with Crippen LogP contribution in [-0.2, 0) is 24.3 Å². The lowest BCUT2D eigenvalue weighted by Gasteiger charge is -2.35. The van der Waals surface area contributed by atoms with Crippen LogP contribution in [0.25, 0.3) is 0 Å². The van der Waals surface area contributed by atoms with Crippen molar-refractivity contribution in [2.75, 3.05) is 19.6 Å². The van der Waals surface area contributed by atoms with Gasteiger partial charge in [0.05, 0.1) is 11.3 Å². The van der Waals surface area contributed by atoms with Crippen molar-refractivity contribution in [1.82, 2.24) is 19.8 Å². The van der Waals surface area contributed by atoms with Crippen LogP contribution in [0.3, 0.4) is 0 Å². The van der Waals surface area contributed by atoms with Crippen LogP contribution in [0.2, 0.25) is 0 Å². The number of carbonyl (C=O) groups is 1. The summed E-state index contributed by atoms with van der Waals surface area (Å²) in [5, 5.41) is 2.09. The molecule has 0 saturated carbocycles. The van der Waals surface area contributed by atoms with E-state index in [0.29, 0.717) is 13.1 Å². The molecule has 1 atom stereocenters. The molecule has 1 amide bonds. The number of nitrogens with one attached hydrogen (secondary N) is 1. The molecule has 0 bridgehead atoms. The molecule has 0 spiro atoms. The van der Waals surface area contributed by atoms with Gasteiger partial charge in [0, 0.05) is 55.9 Å². The summed E-state index contributed by atoms with van der Waals surface area (Å²) in [7, 11) is 0. The first kappa shape index (κ1) is 21.2. The number of piperidine rings is 1. The Labute approximate surface area is 182 Å². The maximum atomic E-state index is 12.9. The Morgan fingerprint density at radius 3 is 2.90 bits per heavy atom. The lowest BCUT2D eigenvalue weighted by atomic mass is 9.94. The van der Waals surface area contributed by atoms with Crippen molar-refractivity contribution in [3.05, 3.63) is 49.8 Å². The number of hydrogen-bond acceptors (Lipinski definition) is 5. The molecule has 1 saturated heterocycles. The molecule has 4 heterocycles. The first-order chi connectivity index (χ1) is 14.6. The third kappa shape index (κ3) is 4.52. The summed E-state index contributed by atoms with van der Waals surface area (Å²) in [6.07, 6.45) is 4.50. The predicted octanol–water partition coefficient (Wildman–Crippen LogP) is 3.53. The number of aromatic nitrogens is 2. The largest absolute Gasteiger partial charge is 0.342 e. The zero-order valence-corrected chi connectivity index (χ0v) is 18.8. The van der Waals surface area contributed by atoms with Crippen molar-refractivity contribution in [3.8, 4) is 0 Å². The van der Waals surface area contributed by atoms with E-state index in [1.165, 1.54) is 4.88 Å². The van der Waals surface area contributed by atoms with Gasteiger partial charge in [-0.05, 0) is 37.1 Å². The Bertz CT molecular complexity index is 920. The molecular formula is C23H32N4O2S. The minimum atomic E-state index is -0.00526. The molecule has 2 aliphatic heterocycles. The number of H-pyrrole nitrogens is 1. The maximum Gasteiger partial charge on any atom is 0.255 e. The number of carbonyl (C=O) groups excluding carboxylic acids is 1. The van der Waals surface area contributed by atoms with Crippen molar-refractivity contribution < 1.29 is 4.79 Å². The van der Waals surface area contributed by atoms with Crippen LogP contribution in [0.1, 0.15) is 67.4 Å². The number of nitrogens with zero attached hydrogens (tertiary/aromatic N) is 3. The van der Waals surface area contributed by atoms with E-state index in [0.717, 1.165) is 68.8 Å². The van der Waals surface area contributed by atoms with Gasteiger partial charge < -0.3 is 9.88 Å². The van der Waals surface area contributed by atoms with Crippen LogP contribution in [-0.4, -0.2) is 45.3 Å².